The number of ether oxygens (including phenoxy) is 1. The van der Waals surface area contributed by atoms with E-state index < -0.39 is 11.7 Å². The molecule has 0 radical (unpaired) electrons. The van der Waals surface area contributed by atoms with E-state index in [-0.39, 0.29) is 0 Å². The molecule has 0 heterocycles. The molecule has 1 aromatic rings. The summed E-state index contributed by atoms with van der Waals surface area (Å²) in [4.78, 5) is 2.16. The van der Waals surface area contributed by atoms with Crippen molar-refractivity contribution in [3.8, 4) is 0 Å². The molecule has 18 heavy (non-hydrogen) atoms. The molecule has 1 N–H and O–H groups in total. The summed E-state index contributed by atoms with van der Waals surface area (Å²) in [7, 11) is 1.63. The molecule has 1 aromatic carbocycles. The molecule has 1 unspecified atom stereocenters. The third-order valence-corrected chi connectivity index (χ3v) is 3.50. The predicted molar refractivity (Wildman–Crippen MR) is 76.2 cm³/mol. The van der Waals surface area contributed by atoms with Crippen molar-refractivity contribution in [1.82, 2.24) is 0 Å². The Morgan fingerprint density at radius 2 is 1.83 bits per heavy atom. The van der Waals surface area contributed by atoms with Crippen molar-refractivity contribution < 1.29 is 9.84 Å². The average molecular weight is 251 g/mol. The van der Waals surface area contributed by atoms with Crippen LogP contribution in [0.3, 0.4) is 0 Å². The Labute approximate surface area is 110 Å². The molecule has 0 saturated carbocycles. The maximum Gasteiger partial charge on any atom is 0.0998 e. The first kappa shape index (κ1) is 15.0. The van der Waals surface area contributed by atoms with Gasteiger partial charge in [-0.15, -0.1) is 0 Å². The SMILES string of the molecule is CCN(CC(O)C(C)(C)OC)c1ccc(C)cc1. The van der Waals surface area contributed by atoms with Crippen LogP contribution >= 0.6 is 0 Å². The molecule has 0 aliphatic heterocycles. The highest BCUT2D eigenvalue weighted by Crippen LogP contribution is 2.19. The van der Waals surface area contributed by atoms with Gasteiger partial charge in [0.25, 0.3) is 0 Å². The molecule has 0 bridgehead atoms. The fourth-order valence-corrected chi connectivity index (χ4v) is 1.74. The number of anilines is 1. The van der Waals surface area contributed by atoms with Gasteiger partial charge < -0.3 is 14.7 Å². The Morgan fingerprint density at radius 1 is 1.28 bits per heavy atom. The summed E-state index contributed by atoms with van der Waals surface area (Å²) in [6, 6.07) is 8.36. The molecular formula is C15H25NO2. The van der Waals surface area contributed by atoms with Gasteiger partial charge >= 0.3 is 0 Å². The summed E-state index contributed by atoms with van der Waals surface area (Å²) >= 11 is 0. The highest BCUT2D eigenvalue weighted by molar-refractivity contribution is 5.47. The highest BCUT2D eigenvalue weighted by Gasteiger charge is 2.28. The number of aliphatic hydroxyl groups is 1. The monoisotopic (exact) mass is 251 g/mol. The van der Waals surface area contributed by atoms with E-state index in [1.54, 1.807) is 7.11 Å². The number of hydrogen-bond donors (Lipinski definition) is 1. The molecule has 0 aromatic heterocycles. The van der Waals surface area contributed by atoms with E-state index >= 15 is 0 Å². The van der Waals surface area contributed by atoms with Gasteiger partial charge in [0.05, 0.1) is 11.7 Å². The molecule has 0 aliphatic rings. The Balaban J connectivity index is 2.76. The number of aliphatic hydroxyl groups excluding tert-OH is 1. The van der Waals surface area contributed by atoms with E-state index in [0.717, 1.165) is 12.2 Å². The summed E-state index contributed by atoms with van der Waals surface area (Å²) in [6.07, 6.45) is -0.524. The average Bonchev–Trinajstić information content (AvgIpc) is 2.36. The molecule has 0 fully saturated rings. The Hall–Kier alpha value is -1.06. The number of rotatable bonds is 6. The van der Waals surface area contributed by atoms with Gasteiger partial charge in [0, 0.05) is 25.9 Å². The third-order valence-electron chi connectivity index (χ3n) is 3.50. The molecule has 1 rings (SSSR count). The minimum absolute atomic E-state index is 0.524. The largest absolute Gasteiger partial charge is 0.388 e. The number of aryl methyl sites for hydroxylation is 1. The van der Waals surface area contributed by atoms with Gasteiger partial charge in [-0.05, 0) is 39.8 Å². The molecule has 0 saturated heterocycles. The second kappa shape index (κ2) is 6.21. The van der Waals surface area contributed by atoms with Crippen molar-refractivity contribution in [2.24, 2.45) is 0 Å². The van der Waals surface area contributed by atoms with E-state index in [4.69, 9.17) is 4.74 Å². The van der Waals surface area contributed by atoms with Crippen LogP contribution in [0.4, 0.5) is 5.69 Å². The third kappa shape index (κ3) is 3.72. The minimum atomic E-state index is -0.530. The van der Waals surface area contributed by atoms with Gasteiger partial charge in [-0.25, -0.2) is 0 Å². The first-order valence-corrected chi connectivity index (χ1v) is 6.45. The van der Waals surface area contributed by atoms with Crippen molar-refractivity contribution in [3.63, 3.8) is 0 Å². The summed E-state index contributed by atoms with van der Waals surface area (Å²) in [5, 5.41) is 10.2. The lowest BCUT2D eigenvalue weighted by Crippen LogP contribution is -2.46. The van der Waals surface area contributed by atoms with Gasteiger partial charge in [0.15, 0.2) is 0 Å². The lowest BCUT2D eigenvalue weighted by Gasteiger charge is -2.34. The van der Waals surface area contributed by atoms with E-state index in [0.29, 0.717) is 6.54 Å². The zero-order valence-electron chi connectivity index (χ0n) is 12.1. The van der Waals surface area contributed by atoms with E-state index in [1.807, 2.05) is 13.8 Å². The smallest absolute Gasteiger partial charge is 0.0998 e. The van der Waals surface area contributed by atoms with Crippen molar-refractivity contribution >= 4 is 5.69 Å². The maximum atomic E-state index is 10.2. The molecule has 3 heteroatoms. The maximum absolute atomic E-state index is 10.2. The molecular weight excluding hydrogens is 226 g/mol. The van der Waals surface area contributed by atoms with E-state index in [1.165, 1.54) is 5.56 Å². The number of nitrogens with zero attached hydrogens (tertiary/aromatic N) is 1. The van der Waals surface area contributed by atoms with Crippen molar-refractivity contribution in [3.05, 3.63) is 29.8 Å². The molecule has 3 nitrogen and oxygen atoms in total. The molecule has 1 atom stereocenters. The van der Waals surface area contributed by atoms with Gasteiger partial charge in [-0.1, -0.05) is 17.7 Å². The summed E-state index contributed by atoms with van der Waals surface area (Å²) in [5.74, 6) is 0. The van der Waals surface area contributed by atoms with Crippen LogP contribution in [-0.2, 0) is 4.74 Å². The van der Waals surface area contributed by atoms with Gasteiger partial charge in [0.2, 0.25) is 0 Å². The molecule has 0 aliphatic carbocycles. The highest BCUT2D eigenvalue weighted by atomic mass is 16.5. The fourth-order valence-electron chi connectivity index (χ4n) is 1.74. The molecule has 0 amide bonds. The minimum Gasteiger partial charge on any atom is -0.388 e. The van der Waals surface area contributed by atoms with Gasteiger partial charge in [-0.3, -0.25) is 0 Å². The van der Waals surface area contributed by atoms with Crippen LogP contribution in [0.15, 0.2) is 24.3 Å². The van der Waals surface area contributed by atoms with Crippen molar-refractivity contribution in [2.45, 2.75) is 39.4 Å². The molecule has 102 valence electrons. The second-order valence-corrected chi connectivity index (χ2v) is 5.20. The Kier molecular flexibility index (Phi) is 5.17. The van der Waals surface area contributed by atoms with Crippen LogP contribution in [-0.4, -0.2) is 37.0 Å². The quantitative estimate of drug-likeness (QED) is 0.843. The van der Waals surface area contributed by atoms with Crippen LogP contribution < -0.4 is 4.90 Å². The first-order chi connectivity index (χ1) is 8.40. The fraction of sp³-hybridized carbons (Fsp3) is 0.600. The predicted octanol–water partition coefficient (Wildman–Crippen LogP) is 2.61. The topological polar surface area (TPSA) is 32.7 Å². The van der Waals surface area contributed by atoms with Gasteiger partial charge in [0.1, 0.15) is 0 Å². The summed E-state index contributed by atoms with van der Waals surface area (Å²) < 4.78 is 5.32. The first-order valence-electron chi connectivity index (χ1n) is 6.45. The van der Waals surface area contributed by atoms with Crippen LogP contribution in [0, 0.1) is 6.92 Å². The summed E-state index contributed by atoms with van der Waals surface area (Å²) in [5.41, 5.74) is 1.85. The Morgan fingerprint density at radius 3 is 2.28 bits per heavy atom. The van der Waals surface area contributed by atoms with Crippen LogP contribution in [0.1, 0.15) is 26.3 Å². The number of hydrogen-bond acceptors (Lipinski definition) is 3. The van der Waals surface area contributed by atoms with Crippen LogP contribution in [0.5, 0.6) is 0 Å². The number of methoxy groups -OCH3 is 1. The zero-order valence-corrected chi connectivity index (χ0v) is 12.1. The van der Waals surface area contributed by atoms with Crippen molar-refractivity contribution in [1.29, 1.82) is 0 Å². The van der Waals surface area contributed by atoms with E-state index in [9.17, 15) is 5.11 Å². The second-order valence-electron chi connectivity index (χ2n) is 5.20. The normalized spacial score (nSPS) is 13.4. The van der Waals surface area contributed by atoms with Crippen LogP contribution in [0.25, 0.3) is 0 Å². The standard InChI is InChI=1S/C15H25NO2/c1-6-16(11-14(17)15(3,4)18-5)13-9-7-12(2)8-10-13/h7-10,14,17H,6,11H2,1-5H3. The van der Waals surface area contributed by atoms with Crippen molar-refractivity contribution in [2.75, 3.05) is 25.1 Å². The lowest BCUT2D eigenvalue weighted by atomic mass is 10.0. The summed E-state index contributed by atoms with van der Waals surface area (Å²) in [6.45, 7) is 9.40. The Bertz CT molecular complexity index is 359. The zero-order chi connectivity index (χ0) is 13.8. The van der Waals surface area contributed by atoms with Crippen LogP contribution in [0.2, 0.25) is 0 Å². The lowest BCUT2D eigenvalue weighted by molar-refractivity contribution is -0.0731. The number of likely N-dealkylation sites (N-methyl/N-ethyl adjacent to an activating group) is 1. The van der Waals surface area contributed by atoms with Gasteiger partial charge in [-0.2, -0.15) is 0 Å². The number of benzene rings is 1. The van der Waals surface area contributed by atoms with E-state index in [2.05, 4.69) is 43.0 Å². The molecule has 0 spiro atoms.